The predicted molar refractivity (Wildman–Crippen MR) is 86.1 cm³/mol. The summed E-state index contributed by atoms with van der Waals surface area (Å²) < 4.78 is 30.2. The highest BCUT2D eigenvalue weighted by atomic mass is 32.2. The first-order chi connectivity index (χ1) is 10.9. The van der Waals surface area contributed by atoms with Gasteiger partial charge in [0.25, 0.3) is 0 Å². The van der Waals surface area contributed by atoms with E-state index in [2.05, 4.69) is 9.71 Å². The lowest BCUT2D eigenvalue weighted by molar-refractivity contribution is -0.135. The number of rotatable bonds is 7. The molecule has 0 radical (unpaired) electrons. The number of likely N-dealkylation sites (tertiary alicyclic amines) is 1. The third-order valence-corrected chi connectivity index (χ3v) is 4.37. The number of hydrogen-bond donors (Lipinski definition) is 1. The standard InChI is InChI=1S/C15H23N3O4S/c1-23(20,21)17-8-6-15(19)18-9-3-5-14(11-18)22-12-13-4-2-7-16-10-13/h2,4,7,10,14,17H,3,5-6,8-9,11-12H2,1H3. The predicted octanol–water partition coefficient (Wildman–Crippen LogP) is 0.529. The highest BCUT2D eigenvalue weighted by Crippen LogP contribution is 2.15. The number of nitrogens with zero attached hydrogens (tertiary/aromatic N) is 2. The van der Waals surface area contributed by atoms with Gasteiger partial charge in [0.1, 0.15) is 0 Å². The van der Waals surface area contributed by atoms with Crippen molar-refractivity contribution in [3.05, 3.63) is 30.1 Å². The van der Waals surface area contributed by atoms with E-state index in [0.29, 0.717) is 19.7 Å². The largest absolute Gasteiger partial charge is 0.372 e. The van der Waals surface area contributed by atoms with Gasteiger partial charge in [-0.15, -0.1) is 0 Å². The smallest absolute Gasteiger partial charge is 0.223 e. The molecule has 0 aromatic carbocycles. The van der Waals surface area contributed by atoms with Crippen LogP contribution in [-0.4, -0.2) is 56.2 Å². The van der Waals surface area contributed by atoms with Crippen LogP contribution in [0.5, 0.6) is 0 Å². The summed E-state index contributed by atoms with van der Waals surface area (Å²) in [4.78, 5) is 17.9. The second kappa shape index (κ2) is 8.37. The summed E-state index contributed by atoms with van der Waals surface area (Å²) >= 11 is 0. The van der Waals surface area contributed by atoms with Gasteiger partial charge in [0.15, 0.2) is 0 Å². The zero-order chi connectivity index (χ0) is 16.7. The van der Waals surface area contributed by atoms with Crippen LogP contribution in [0.4, 0.5) is 0 Å². The Morgan fingerprint density at radius 3 is 3.04 bits per heavy atom. The number of carbonyl (C=O) groups excluding carboxylic acids is 1. The van der Waals surface area contributed by atoms with Gasteiger partial charge >= 0.3 is 0 Å². The Bertz CT molecular complexity index is 606. The Hall–Kier alpha value is -1.51. The molecule has 1 unspecified atom stereocenters. The molecule has 1 fully saturated rings. The monoisotopic (exact) mass is 341 g/mol. The number of pyridine rings is 1. The topological polar surface area (TPSA) is 88.6 Å². The second-order valence-corrected chi connectivity index (χ2v) is 7.53. The number of sulfonamides is 1. The van der Waals surface area contributed by atoms with Crippen LogP contribution < -0.4 is 4.72 Å². The van der Waals surface area contributed by atoms with Gasteiger partial charge in [-0.05, 0) is 24.5 Å². The molecule has 0 spiro atoms. The van der Waals surface area contributed by atoms with E-state index in [4.69, 9.17) is 4.74 Å². The third kappa shape index (κ3) is 6.64. The van der Waals surface area contributed by atoms with E-state index in [-0.39, 0.29) is 25.0 Å². The number of piperidine rings is 1. The van der Waals surface area contributed by atoms with E-state index in [1.54, 1.807) is 17.3 Å². The molecule has 128 valence electrons. The first kappa shape index (κ1) is 17.8. The van der Waals surface area contributed by atoms with Crippen LogP contribution in [0.15, 0.2) is 24.5 Å². The van der Waals surface area contributed by atoms with E-state index in [0.717, 1.165) is 24.7 Å². The van der Waals surface area contributed by atoms with Crippen LogP contribution in [0.3, 0.4) is 0 Å². The molecule has 23 heavy (non-hydrogen) atoms. The Kier molecular flexibility index (Phi) is 6.49. The molecule has 1 N–H and O–H groups in total. The molecule has 0 aliphatic carbocycles. The van der Waals surface area contributed by atoms with Crippen LogP contribution in [0.2, 0.25) is 0 Å². The van der Waals surface area contributed by atoms with Gasteiger partial charge in [0, 0.05) is 38.4 Å². The molecule has 2 rings (SSSR count). The maximum atomic E-state index is 12.1. The van der Waals surface area contributed by atoms with Crippen molar-refractivity contribution in [2.75, 3.05) is 25.9 Å². The molecule has 1 saturated heterocycles. The fraction of sp³-hybridized carbons (Fsp3) is 0.600. The van der Waals surface area contributed by atoms with Crippen molar-refractivity contribution < 1.29 is 17.9 Å². The fourth-order valence-electron chi connectivity index (χ4n) is 2.50. The molecule has 1 aliphatic heterocycles. The lowest BCUT2D eigenvalue weighted by atomic mass is 10.1. The molecule has 0 saturated carbocycles. The van der Waals surface area contributed by atoms with Gasteiger partial charge in [0.2, 0.25) is 15.9 Å². The van der Waals surface area contributed by atoms with E-state index in [1.165, 1.54) is 0 Å². The first-order valence-electron chi connectivity index (χ1n) is 7.67. The van der Waals surface area contributed by atoms with Crippen molar-refractivity contribution in [1.29, 1.82) is 0 Å². The highest BCUT2D eigenvalue weighted by molar-refractivity contribution is 7.88. The van der Waals surface area contributed by atoms with Crippen LogP contribution in [0.1, 0.15) is 24.8 Å². The zero-order valence-corrected chi connectivity index (χ0v) is 14.1. The summed E-state index contributed by atoms with van der Waals surface area (Å²) in [5.41, 5.74) is 1.01. The summed E-state index contributed by atoms with van der Waals surface area (Å²) in [5, 5.41) is 0. The summed E-state index contributed by atoms with van der Waals surface area (Å²) in [6.45, 7) is 1.87. The maximum Gasteiger partial charge on any atom is 0.223 e. The quantitative estimate of drug-likeness (QED) is 0.781. The molecular weight excluding hydrogens is 318 g/mol. The third-order valence-electron chi connectivity index (χ3n) is 3.64. The molecule has 8 heteroatoms. The Morgan fingerprint density at radius 2 is 2.35 bits per heavy atom. The lowest BCUT2D eigenvalue weighted by Gasteiger charge is -2.32. The minimum atomic E-state index is -3.25. The van der Waals surface area contributed by atoms with E-state index in [1.807, 2.05) is 12.1 Å². The Balaban J connectivity index is 1.75. The van der Waals surface area contributed by atoms with Crippen molar-refractivity contribution in [2.24, 2.45) is 0 Å². The average Bonchev–Trinajstić information content (AvgIpc) is 2.53. The van der Waals surface area contributed by atoms with Crippen molar-refractivity contribution in [3.63, 3.8) is 0 Å². The minimum Gasteiger partial charge on any atom is -0.372 e. The summed E-state index contributed by atoms with van der Waals surface area (Å²) in [5.74, 6) is -0.0455. The fourth-order valence-corrected chi connectivity index (χ4v) is 2.97. The average molecular weight is 341 g/mol. The van der Waals surface area contributed by atoms with Gasteiger partial charge < -0.3 is 9.64 Å². The minimum absolute atomic E-state index is 0.00998. The number of amides is 1. The molecule has 2 heterocycles. The second-order valence-electron chi connectivity index (χ2n) is 5.69. The lowest BCUT2D eigenvalue weighted by Crippen LogP contribution is -2.44. The van der Waals surface area contributed by atoms with Crippen molar-refractivity contribution >= 4 is 15.9 Å². The molecular formula is C15H23N3O4S. The van der Waals surface area contributed by atoms with E-state index < -0.39 is 10.0 Å². The molecule has 1 atom stereocenters. The van der Waals surface area contributed by atoms with E-state index >= 15 is 0 Å². The number of hydrogen-bond acceptors (Lipinski definition) is 5. The first-order valence-corrected chi connectivity index (χ1v) is 9.56. The van der Waals surface area contributed by atoms with Gasteiger partial charge in [-0.3, -0.25) is 9.78 Å². The van der Waals surface area contributed by atoms with Crippen LogP contribution >= 0.6 is 0 Å². The van der Waals surface area contributed by atoms with Crippen LogP contribution in [0, 0.1) is 0 Å². The zero-order valence-electron chi connectivity index (χ0n) is 13.3. The Morgan fingerprint density at radius 1 is 1.52 bits per heavy atom. The van der Waals surface area contributed by atoms with Crippen molar-refractivity contribution in [3.8, 4) is 0 Å². The van der Waals surface area contributed by atoms with Gasteiger partial charge in [-0.1, -0.05) is 6.07 Å². The van der Waals surface area contributed by atoms with Gasteiger partial charge in [0.05, 0.1) is 19.0 Å². The number of carbonyl (C=O) groups is 1. The molecule has 1 aromatic rings. The summed E-state index contributed by atoms with van der Waals surface area (Å²) in [6, 6.07) is 3.82. The normalized spacial score (nSPS) is 18.8. The van der Waals surface area contributed by atoms with Gasteiger partial charge in [-0.2, -0.15) is 0 Å². The molecule has 7 nitrogen and oxygen atoms in total. The van der Waals surface area contributed by atoms with Crippen molar-refractivity contribution in [2.45, 2.75) is 32.0 Å². The van der Waals surface area contributed by atoms with Crippen LogP contribution in [0.25, 0.3) is 0 Å². The van der Waals surface area contributed by atoms with Crippen LogP contribution in [-0.2, 0) is 26.2 Å². The Labute approximate surface area is 137 Å². The highest BCUT2D eigenvalue weighted by Gasteiger charge is 2.24. The van der Waals surface area contributed by atoms with Gasteiger partial charge in [-0.25, -0.2) is 13.1 Å². The van der Waals surface area contributed by atoms with Crippen molar-refractivity contribution in [1.82, 2.24) is 14.6 Å². The SMILES string of the molecule is CS(=O)(=O)NCCC(=O)N1CCCC(OCc2cccnc2)C1. The number of ether oxygens (including phenoxy) is 1. The molecule has 0 bridgehead atoms. The molecule has 1 aliphatic rings. The number of aromatic nitrogens is 1. The maximum absolute atomic E-state index is 12.1. The summed E-state index contributed by atoms with van der Waals surface area (Å²) in [6.07, 6.45) is 6.56. The van der Waals surface area contributed by atoms with E-state index in [9.17, 15) is 13.2 Å². The molecule has 1 aromatic heterocycles. The summed E-state index contributed by atoms with van der Waals surface area (Å²) in [7, 11) is -3.25. The number of nitrogens with one attached hydrogen (secondary N) is 1. The molecule has 1 amide bonds.